The van der Waals surface area contributed by atoms with Gasteiger partial charge in [-0.15, -0.1) is 0 Å². The predicted molar refractivity (Wildman–Crippen MR) is 54.5 cm³/mol. The van der Waals surface area contributed by atoms with E-state index in [9.17, 15) is 13.2 Å². The number of hydrogen-bond donors (Lipinski definition) is 0. The van der Waals surface area contributed by atoms with E-state index in [-0.39, 0.29) is 20.3 Å². The van der Waals surface area contributed by atoms with Crippen LogP contribution >= 0.6 is 38.5 Å². The van der Waals surface area contributed by atoms with Crippen LogP contribution in [-0.2, 0) is 5.33 Å². The molecule has 1 nitrogen and oxygen atoms in total. The highest BCUT2D eigenvalue weighted by atomic mass is 127. The largest absolute Gasteiger partial charge is 0.280 e. The van der Waals surface area contributed by atoms with Gasteiger partial charge in [0.1, 0.15) is 5.69 Å². The molecule has 1 rings (SSSR count). The Bertz CT molecular complexity index is 319. The lowest BCUT2D eigenvalue weighted by Crippen LogP contribution is -2.00. The standard InChI is InChI=1S/C7H4BrF3IN/c8-2-5-6(9)3(12)1-4(13-5)7(10)11/h1,7H,2H2. The van der Waals surface area contributed by atoms with E-state index in [1.807, 2.05) is 0 Å². The summed E-state index contributed by atoms with van der Waals surface area (Å²) in [6.45, 7) is 0. The molecule has 72 valence electrons. The monoisotopic (exact) mass is 365 g/mol. The van der Waals surface area contributed by atoms with Gasteiger partial charge in [0, 0.05) is 5.33 Å². The highest BCUT2D eigenvalue weighted by Crippen LogP contribution is 2.23. The molecule has 0 aliphatic carbocycles. The molecule has 0 atom stereocenters. The second-order valence-corrected chi connectivity index (χ2v) is 3.95. The van der Waals surface area contributed by atoms with Gasteiger partial charge in [0.05, 0.1) is 9.26 Å². The third kappa shape index (κ3) is 2.55. The second kappa shape index (κ2) is 4.59. The van der Waals surface area contributed by atoms with Crippen LogP contribution in [0.2, 0.25) is 0 Å². The number of hydrogen-bond acceptors (Lipinski definition) is 1. The van der Waals surface area contributed by atoms with Gasteiger partial charge in [0.25, 0.3) is 6.43 Å². The molecule has 0 saturated carbocycles. The normalized spacial score (nSPS) is 10.9. The molecule has 0 aliphatic rings. The first-order chi connectivity index (χ1) is 6.06. The molecular formula is C7H4BrF3IN. The van der Waals surface area contributed by atoms with Gasteiger partial charge in [0.2, 0.25) is 0 Å². The molecule has 0 aliphatic heterocycles. The van der Waals surface area contributed by atoms with Gasteiger partial charge in [-0.2, -0.15) is 0 Å². The molecular weight excluding hydrogens is 362 g/mol. The van der Waals surface area contributed by atoms with Crippen LogP contribution in [-0.4, -0.2) is 4.98 Å². The lowest BCUT2D eigenvalue weighted by molar-refractivity contribution is 0.145. The van der Waals surface area contributed by atoms with Gasteiger partial charge < -0.3 is 0 Å². The second-order valence-electron chi connectivity index (χ2n) is 2.22. The molecule has 0 aromatic carbocycles. The van der Waals surface area contributed by atoms with Gasteiger partial charge in [-0.1, -0.05) is 15.9 Å². The van der Waals surface area contributed by atoms with Crippen LogP contribution in [0.5, 0.6) is 0 Å². The van der Waals surface area contributed by atoms with Crippen molar-refractivity contribution in [2.24, 2.45) is 0 Å². The Morgan fingerprint density at radius 1 is 1.54 bits per heavy atom. The van der Waals surface area contributed by atoms with Crippen LogP contribution in [0.4, 0.5) is 13.2 Å². The Labute approximate surface area is 95.0 Å². The Balaban J connectivity index is 3.22. The third-order valence-electron chi connectivity index (χ3n) is 1.35. The van der Waals surface area contributed by atoms with Gasteiger partial charge in [0.15, 0.2) is 5.82 Å². The zero-order chi connectivity index (χ0) is 10.0. The van der Waals surface area contributed by atoms with Crippen LogP contribution in [0.1, 0.15) is 17.8 Å². The average molecular weight is 366 g/mol. The van der Waals surface area contributed by atoms with Crippen LogP contribution in [0.3, 0.4) is 0 Å². The first-order valence-electron chi connectivity index (χ1n) is 3.25. The van der Waals surface area contributed by atoms with Crippen LogP contribution in [0.25, 0.3) is 0 Å². The predicted octanol–water partition coefficient (Wildman–Crippen LogP) is 3.66. The minimum atomic E-state index is -2.66. The van der Waals surface area contributed by atoms with E-state index in [0.717, 1.165) is 6.07 Å². The Morgan fingerprint density at radius 2 is 2.15 bits per heavy atom. The smallest absolute Gasteiger partial charge is 0.248 e. The van der Waals surface area contributed by atoms with E-state index in [0.29, 0.717) is 0 Å². The molecule has 0 saturated heterocycles. The van der Waals surface area contributed by atoms with Crippen molar-refractivity contribution >= 4 is 38.5 Å². The Kier molecular flexibility index (Phi) is 3.96. The molecule has 0 N–H and O–H groups in total. The molecule has 0 unspecified atom stereocenters. The lowest BCUT2D eigenvalue weighted by Gasteiger charge is -2.04. The number of alkyl halides is 3. The van der Waals surface area contributed by atoms with Gasteiger partial charge in [-0.05, 0) is 28.7 Å². The average Bonchev–Trinajstić information content (AvgIpc) is 2.09. The zero-order valence-corrected chi connectivity index (χ0v) is 9.94. The fourth-order valence-electron chi connectivity index (χ4n) is 0.769. The van der Waals surface area contributed by atoms with Crippen molar-refractivity contribution < 1.29 is 13.2 Å². The topological polar surface area (TPSA) is 12.9 Å². The number of pyridine rings is 1. The summed E-state index contributed by atoms with van der Waals surface area (Å²) >= 11 is 4.64. The van der Waals surface area contributed by atoms with Crippen LogP contribution in [0, 0.1) is 9.39 Å². The summed E-state index contributed by atoms with van der Waals surface area (Å²) in [5.41, 5.74) is -0.373. The molecule has 0 amide bonds. The summed E-state index contributed by atoms with van der Waals surface area (Å²) < 4.78 is 37.6. The van der Waals surface area contributed by atoms with E-state index in [1.54, 1.807) is 22.6 Å². The van der Waals surface area contributed by atoms with Gasteiger partial charge in [-0.25, -0.2) is 18.2 Å². The lowest BCUT2D eigenvalue weighted by atomic mass is 10.3. The summed E-state index contributed by atoms with van der Waals surface area (Å²) in [6.07, 6.45) is -2.66. The minimum Gasteiger partial charge on any atom is -0.248 e. The molecule has 1 aromatic heterocycles. The van der Waals surface area contributed by atoms with Crippen molar-refractivity contribution in [3.05, 3.63) is 26.8 Å². The van der Waals surface area contributed by atoms with E-state index >= 15 is 0 Å². The summed E-state index contributed by atoms with van der Waals surface area (Å²) in [5, 5.41) is 0.134. The van der Waals surface area contributed by atoms with E-state index < -0.39 is 12.2 Å². The van der Waals surface area contributed by atoms with E-state index in [4.69, 9.17) is 0 Å². The highest BCUT2D eigenvalue weighted by molar-refractivity contribution is 14.1. The Morgan fingerprint density at radius 3 is 2.62 bits per heavy atom. The molecule has 0 spiro atoms. The van der Waals surface area contributed by atoms with Crippen LogP contribution in [0.15, 0.2) is 6.07 Å². The third-order valence-corrected chi connectivity index (χ3v) is 2.67. The number of aromatic nitrogens is 1. The van der Waals surface area contributed by atoms with Crippen molar-refractivity contribution in [3.63, 3.8) is 0 Å². The SMILES string of the molecule is Fc1c(I)cc(C(F)F)nc1CBr. The van der Waals surface area contributed by atoms with Crippen molar-refractivity contribution in [1.82, 2.24) is 4.98 Å². The van der Waals surface area contributed by atoms with Crippen molar-refractivity contribution in [2.45, 2.75) is 11.8 Å². The maximum absolute atomic E-state index is 13.1. The maximum Gasteiger partial charge on any atom is 0.280 e. The highest BCUT2D eigenvalue weighted by Gasteiger charge is 2.15. The van der Waals surface area contributed by atoms with Crippen molar-refractivity contribution in [1.29, 1.82) is 0 Å². The summed E-state index contributed by atoms with van der Waals surface area (Å²) in [6, 6.07) is 1.05. The molecule has 0 fully saturated rings. The van der Waals surface area contributed by atoms with Gasteiger partial charge >= 0.3 is 0 Å². The first-order valence-corrected chi connectivity index (χ1v) is 5.45. The van der Waals surface area contributed by atoms with E-state index in [1.165, 1.54) is 0 Å². The Hall–Kier alpha value is 0.150. The molecule has 6 heteroatoms. The molecule has 1 aromatic rings. The number of rotatable bonds is 2. The number of nitrogens with zero attached hydrogens (tertiary/aromatic N) is 1. The quantitative estimate of drug-likeness (QED) is 0.575. The van der Waals surface area contributed by atoms with Crippen LogP contribution < -0.4 is 0 Å². The summed E-state index contributed by atoms with van der Waals surface area (Å²) in [7, 11) is 0. The minimum absolute atomic E-state index is 0.0159. The maximum atomic E-state index is 13.1. The fourth-order valence-corrected chi connectivity index (χ4v) is 1.77. The molecule has 0 radical (unpaired) electrons. The molecule has 1 heterocycles. The van der Waals surface area contributed by atoms with E-state index in [2.05, 4.69) is 20.9 Å². The van der Waals surface area contributed by atoms with Crippen molar-refractivity contribution in [3.8, 4) is 0 Å². The van der Waals surface area contributed by atoms with Crippen molar-refractivity contribution in [2.75, 3.05) is 0 Å². The summed E-state index contributed by atoms with van der Waals surface area (Å²) in [4.78, 5) is 3.47. The zero-order valence-electron chi connectivity index (χ0n) is 6.20. The summed E-state index contributed by atoms with van der Waals surface area (Å²) in [5.74, 6) is -0.540. The fraction of sp³-hybridized carbons (Fsp3) is 0.286. The molecule has 13 heavy (non-hydrogen) atoms. The van der Waals surface area contributed by atoms with Gasteiger partial charge in [-0.3, -0.25) is 0 Å². The number of halogens is 5. The molecule has 0 bridgehead atoms. The first kappa shape index (κ1) is 11.2.